The second kappa shape index (κ2) is 4.65. The number of benzene rings is 1. The number of thiazole rings is 1. The summed E-state index contributed by atoms with van der Waals surface area (Å²) in [5.41, 5.74) is 8.81. The highest BCUT2D eigenvalue weighted by molar-refractivity contribution is 9.10. The highest BCUT2D eigenvalue weighted by Gasteiger charge is 2.29. The zero-order chi connectivity index (χ0) is 13.7. The van der Waals surface area contributed by atoms with E-state index >= 15 is 0 Å². The van der Waals surface area contributed by atoms with Crippen LogP contribution in [0.4, 0.5) is 0 Å². The first kappa shape index (κ1) is 12.5. The van der Waals surface area contributed by atoms with E-state index in [2.05, 4.69) is 49.1 Å². The Morgan fingerprint density at radius 2 is 2.20 bits per heavy atom. The monoisotopic (exact) mass is 348 g/mol. The van der Waals surface area contributed by atoms with E-state index in [0.717, 1.165) is 26.5 Å². The van der Waals surface area contributed by atoms with E-state index in [0.29, 0.717) is 12.6 Å². The SMILES string of the molecule is NCc1nc(-c2nc3cc(Br)ccc3n2C2CC2)cs1. The summed E-state index contributed by atoms with van der Waals surface area (Å²) in [5, 5.41) is 3.01. The summed E-state index contributed by atoms with van der Waals surface area (Å²) in [7, 11) is 0. The molecule has 1 aliphatic rings. The molecule has 1 aromatic carbocycles. The van der Waals surface area contributed by atoms with Crippen LogP contribution in [-0.2, 0) is 6.54 Å². The Morgan fingerprint density at radius 1 is 1.35 bits per heavy atom. The Hall–Kier alpha value is -1.24. The van der Waals surface area contributed by atoms with Crippen LogP contribution in [0.2, 0.25) is 0 Å². The topological polar surface area (TPSA) is 56.7 Å². The molecule has 6 heteroatoms. The Balaban J connectivity index is 1.95. The Labute approximate surface area is 128 Å². The molecule has 0 spiro atoms. The number of hydrogen-bond donors (Lipinski definition) is 1. The molecule has 20 heavy (non-hydrogen) atoms. The largest absolute Gasteiger partial charge is 0.325 e. The van der Waals surface area contributed by atoms with Crippen molar-refractivity contribution in [2.45, 2.75) is 25.4 Å². The van der Waals surface area contributed by atoms with E-state index in [4.69, 9.17) is 10.7 Å². The lowest BCUT2D eigenvalue weighted by atomic mass is 10.3. The van der Waals surface area contributed by atoms with Gasteiger partial charge in [-0.05, 0) is 31.0 Å². The number of nitrogens with zero attached hydrogens (tertiary/aromatic N) is 3. The maximum atomic E-state index is 5.66. The Bertz CT molecular complexity index is 788. The summed E-state index contributed by atoms with van der Waals surface area (Å²) in [4.78, 5) is 9.37. The molecule has 102 valence electrons. The van der Waals surface area contributed by atoms with Crippen molar-refractivity contribution in [1.29, 1.82) is 0 Å². The Morgan fingerprint density at radius 3 is 2.90 bits per heavy atom. The van der Waals surface area contributed by atoms with Gasteiger partial charge >= 0.3 is 0 Å². The van der Waals surface area contributed by atoms with Crippen molar-refractivity contribution in [3.63, 3.8) is 0 Å². The molecule has 3 aromatic rings. The smallest absolute Gasteiger partial charge is 0.160 e. The summed E-state index contributed by atoms with van der Waals surface area (Å²) in [6, 6.07) is 6.83. The maximum absolute atomic E-state index is 5.66. The minimum absolute atomic E-state index is 0.486. The van der Waals surface area contributed by atoms with Crippen LogP contribution in [0.25, 0.3) is 22.6 Å². The van der Waals surface area contributed by atoms with Gasteiger partial charge in [-0.25, -0.2) is 9.97 Å². The highest BCUT2D eigenvalue weighted by atomic mass is 79.9. The molecular weight excluding hydrogens is 336 g/mol. The molecule has 0 unspecified atom stereocenters. The van der Waals surface area contributed by atoms with Crippen molar-refractivity contribution in [2.75, 3.05) is 0 Å². The molecule has 1 saturated carbocycles. The van der Waals surface area contributed by atoms with Crippen LogP contribution in [-0.4, -0.2) is 14.5 Å². The number of halogens is 1. The first-order valence-electron chi connectivity index (χ1n) is 6.58. The van der Waals surface area contributed by atoms with Gasteiger partial charge in [0, 0.05) is 22.4 Å². The lowest BCUT2D eigenvalue weighted by Crippen LogP contribution is -1.99. The van der Waals surface area contributed by atoms with Crippen LogP contribution in [0.15, 0.2) is 28.1 Å². The van der Waals surface area contributed by atoms with Crippen molar-refractivity contribution in [1.82, 2.24) is 14.5 Å². The van der Waals surface area contributed by atoms with Gasteiger partial charge in [0.05, 0.1) is 11.0 Å². The van der Waals surface area contributed by atoms with Gasteiger partial charge in [-0.15, -0.1) is 11.3 Å². The zero-order valence-electron chi connectivity index (χ0n) is 10.7. The van der Waals surface area contributed by atoms with Gasteiger partial charge in [0.25, 0.3) is 0 Å². The molecule has 0 radical (unpaired) electrons. The van der Waals surface area contributed by atoms with Crippen molar-refractivity contribution in [3.8, 4) is 11.5 Å². The molecule has 0 atom stereocenters. The van der Waals surface area contributed by atoms with Gasteiger partial charge in [0.1, 0.15) is 10.7 Å². The fraction of sp³-hybridized carbons (Fsp3) is 0.286. The van der Waals surface area contributed by atoms with Crippen LogP contribution in [0.1, 0.15) is 23.9 Å². The molecule has 1 aliphatic carbocycles. The van der Waals surface area contributed by atoms with E-state index < -0.39 is 0 Å². The minimum Gasteiger partial charge on any atom is -0.325 e. The van der Waals surface area contributed by atoms with Crippen LogP contribution in [0, 0.1) is 0 Å². The average molecular weight is 349 g/mol. The molecule has 0 aliphatic heterocycles. The third-order valence-corrected chi connectivity index (χ3v) is 4.88. The number of rotatable bonds is 3. The third-order valence-electron chi connectivity index (χ3n) is 3.52. The van der Waals surface area contributed by atoms with Crippen molar-refractivity contribution in [3.05, 3.63) is 33.1 Å². The first-order chi connectivity index (χ1) is 9.76. The summed E-state index contributed by atoms with van der Waals surface area (Å²) in [6.07, 6.45) is 2.45. The van der Waals surface area contributed by atoms with Crippen LogP contribution >= 0.6 is 27.3 Å². The lowest BCUT2D eigenvalue weighted by Gasteiger charge is -2.05. The molecule has 2 N–H and O–H groups in total. The summed E-state index contributed by atoms with van der Waals surface area (Å²) < 4.78 is 3.38. The van der Waals surface area contributed by atoms with Gasteiger partial charge in [-0.3, -0.25) is 0 Å². The summed E-state index contributed by atoms with van der Waals surface area (Å²) in [5.74, 6) is 0.969. The second-order valence-corrected chi connectivity index (χ2v) is 6.86. The van der Waals surface area contributed by atoms with Crippen molar-refractivity contribution >= 4 is 38.3 Å². The molecule has 0 saturated heterocycles. The third kappa shape index (κ3) is 1.99. The van der Waals surface area contributed by atoms with Crippen molar-refractivity contribution in [2.24, 2.45) is 5.73 Å². The van der Waals surface area contributed by atoms with E-state index in [-0.39, 0.29) is 0 Å². The molecular formula is C14H13BrN4S. The highest BCUT2D eigenvalue weighted by Crippen LogP contribution is 2.41. The molecule has 4 nitrogen and oxygen atoms in total. The van der Waals surface area contributed by atoms with Gasteiger partial charge < -0.3 is 10.3 Å². The van der Waals surface area contributed by atoms with E-state index in [9.17, 15) is 0 Å². The fourth-order valence-electron chi connectivity index (χ4n) is 2.46. The number of aromatic nitrogens is 3. The number of imidazole rings is 1. The lowest BCUT2D eigenvalue weighted by molar-refractivity contribution is 0.772. The predicted octanol–water partition coefficient (Wildman–Crippen LogP) is 3.72. The van der Waals surface area contributed by atoms with Crippen LogP contribution in [0.5, 0.6) is 0 Å². The maximum Gasteiger partial charge on any atom is 0.160 e. The summed E-state index contributed by atoms with van der Waals surface area (Å²) in [6.45, 7) is 0.486. The molecule has 0 amide bonds. The molecule has 4 rings (SSSR count). The van der Waals surface area contributed by atoms with Gasteiger partial charge in [-0.2, -0.15) is 0 Å². The molecule has 0 bridgehead atoms. The fourth-order valence-corrected chi connectivity index (χ4v) is 3.46. The summed E-state index contributed by atoms with van der Waals surface area (Å²) >= 11 is 5.11. The molecule has 1 fully saturated rings. The molecule has 2 heterocycles. The van der Waals surface area contributed by atoms with E-state index in [1.807, 2.05) is 0 Å². The van der Waals surface area contributed by atoms with Gasteiger partial charge in [0.15, 0.2) is 5.82 Å². The number of fused-ring (bicyclic) bond motifs is 1. The van der Waals surface area contributed by atoms with Gasteiger partial charge in [0.2, 0.25) is 0 Å². The van der Waals surface area contributed by atoms with Gasteiger partial charge in [-0.1, -0.05) is 15.9 Å². The molecule has 2 aromatic heterocycles. The van der Waals surface area contributed by atoms with Crippen LogP contribution in [0.3, 0.4) is 0 Å². The quantitative estimate of drug-likeness (QED) is 0.784. The zero-order valence-corrected chi connectivity index (χ0v) is 13.1. The van der Waals surface area contributed by atoms with Crippen LogP contribution < -0.4 is 5.73 Å². The number of nitrogens with two attached hydrogens (primary N) is 1. The predicted molar refractivity (Wildman–Crippen MR) is 84.7 cm³/mol. The normalized spacial score (nSPS) is 15.1. The average Bonchev–Trinajstić information content (AvgIpc) is 3.04. The first-order valence-corrected chi connectivity index (χ1v) is 8.26. The van der Waals surface area contributed by atoms with E-state index in [1.54, 1.807) is 11.3 Å². The standard InChI is InChI=1S/C14H13BrN4S/c15-8-1-4-12-10(5-8)18-14(19(12)9-2-3-9)11-7-20-13(6-16)17-11/h1,4-5,7,9H,2-3,6,16H2. The minimum atomic E-state index is 0.486. The Kier molecular flexibility index (Phi) is 2.90. The van der Waals surface area contributed by atoms with E-state index in [1.165, 1.54) is 18.4 Å². The second-order valence-electron chi connectivity index (χ2n) is 5.00. The number of hydrogen-bond acceptors (Lipinski definition) is 4. The van der Waals surface area contributed by atoms with Crippen molar-refractivity contribution < 1.29 is 0 Å².